The van der Waals surface area contributed by atoms with Crippen LogP contribution in [0.3, 0.4) is 0 Å². The zero-order valence-electron chi connectivity index (χ0n) is 9.96. The summed E-state index contributed by atoms with van der Waals surface area (Å²) in [7, 11) is 0. The first kappa shape index (κ1) is 11.4. The number of halogens is 1. The maximum atomic E-state index is 13.9. The molecular weight excluding hydrogens is 203 g/mol. The lowest BCUT2D eigenvalue weighted by Crippen LogP contribution is -2.33. The van der Waals surface area contributed by atoms with Gasteiger partial charge in [0.25, 0.3) is 0 Å². The third kappa shape index (κ3) is 2.05. The largest absolute Gasteiger partial charge is 0.371 e. The van der Waals surface area contributed by atoms with Gasteiger partial charge >= 0.3 is 0 Å². The summed E-state index contributed by atoms with van der Waals surface area (Å²) in [4.78, 5) is 2.23. The molecule has 0 aliphatic carbocycles. The smallest absolute Gasteiger partial charge is 0.130 e. The number of anilines is 1. The van der Waals surface area contributed by atoms with Crippen LogP contribution in [0.1, 0.15) is 32.3 Å². The molecule has 0 atom stereocenters. The van der Waals surface area contributed by atoms with Crippen LogP contribution >= 0.6 is 0 Å². The summed E-state index contributed by atoms with van der Waals surface area (Å²) in [5.74, 6) is -0.197. The molecule has 0 aromatic heterocycles. The highest BCUT2D eigenvalue weighted by molar-refractivity contribution is 5.57. The Labute approximate surface area is 96.2 Å². The van der Waals surface area contributed by atoms with Crippen molar-refractivity contribution in [2.75, 3.05) is 18.0 Å². The number of nitrogens with zero attached hydrogens (tertiary/aromatic N) is 1. The molecule has 1 fully saturated rings. The number of nitrogens with two attached hydrogens (primary N) is 1. The first-order valence-corrected chi connectivity index (χ1v) is 5.83. The predicted octanol–water partition coefficient (Wildman–Crippen LogP) is 2.62. The van der Waals surface area contributed by atoms with E-state index in [-0.39, 0.29) is 5.82 Å². The Bertz CT molecular complexity index is 376. The lowest BCUT2D eigenvalue weighted by atomic mass is 9.93. The standard InChI is InChI=1S/C13H19FN2/c1-13(2,15)12-10(14)6-5-7-11(12)16-8-3-4-9-16/h5-7H,3-4,8-9,15H2,1-2H3. The highest BCUT2D eigenvalue weighted by atomic mass is 19.1. The molecule has 1 heterocycles. The summed E-state index contributed by atoms with van der Waals surface area (Å²) in [5, 5.41) is 0. The molecule has 2 N–H and O–H groups in total. The molecule has 2 nitrogen and oxygen atoms in total. The van der Waals surface area contributed by atoms with Gasteiger partial charge in [0, 0.05) is 29.9 Å². The third-order valence-electron chi connectivity index (χ3n) is 3.08. The Kier molecular flexibility index (Phi) is 2.89. The minimum atomic E-state index is -0.636. The van der Waals surface area contributed by atoms with Gasteiger partial charge in [0.2, 0.25) is 0 Å². The molecular formula is C13H19FN2. The predicted molar refractivity (Wildman–Crippen MR) is 65.1 cm³/mol. The zero-order chi connectivity index (χ0) is 11.8. The molecule has 1 aliphatic heterocycles. The van der Waals surface area contributed by atoms with Crippen molar-refractivity contribution in [3.8, 4) is 0 Å². The van der Waals surface area contributed by atoms with Gasteiger partial charge in [-0.05, 0) is 38.8 Å². The fourth-order valence-electron chi connectivity index (χ4n) is 2.37. The van der Waals surface area contributed by atoms with Crippen LogP contribution in [-0.4, -0.2) is 13.1 Å². The minimum absolute atomic E-state index is 0.197. The van der Waals surface area contributed by atoms with E-state index in [1.807, 2.05) is 19.9 Å². The zero-order valence-corrected chi connectivity index (χ0v) is 9.96. The van der Waals surface area contributed by atoms with Crippen LogP contribution < -0.4 is 10.6 Å². The van der Waals surface area contributed by atoms with Crippen molar-refractivity contribution in [2.24, 2.45) is 5.73 Å². The Morgan fingerprint density at radius 2 is 1.88 bits per heavy atom. The summed E-state index contributed by atoms with van der Waals surface area (Å²) < 4.78 is 13.9. The maximum Gasteiger partial charge on any atom is 0.130 e. The van der Waals surface area contributed by atoms with Crippen molar-refractivity contribution in [2.45, 2.75) is 32.2 Å². The van der Waals surface area contributed by atoms with Gasteiger partial charge in [-0.15, -0.1) is 0 Å². The average Bonchev–Trinajstić information content (AvgIpc) is 2.67. The van der Waals surface area contributed by atoms with E-state index in [4.69, 9.17) is 5.73 Å². The second kappa shape index (κ2) is 4.06. The van der Waals surface area contributed by atoms with Crippen LogP contribution in [0, 0.1) is 5.82 Å². The van der Waals surface area contributed by atoms with Gasteiger partial charge in [0.1, 0.15) is 5.82 Å². The average molecular weight is 222 g/mol. The fourth-order valence-corrected chi connectivity index (χ4v) is 2.37. The summed E-state index contributed by atoms with van der Waals surface area (Å²) in [6.45, 7) is 5.72. The lowest BCUT2D eigenvalue weighted by molar-refractivity contribution is 0.501. The first-order valence-electron chi connectivity index (χ1n) is 5.83. The molecule has 16 heavy (non-hydrogen) atoms. The van der Waals surface area contributed by atoms with Gasteiger partial charge in [0.05, 0.1) is 0 Å². The van der Waals surface area contributed by atoms with E-state index in [0.717, 1.165) is 18.8 Å². The monoisotopic (exact) mass is 222 g/mol. The van der Waals surface area contributed by atoms with Gasteiger partial charge in [-0.25, -0.2) is 4.39 Å². The van der Waals surface area contributed by atoms with Gasteiger partial charge in [-0.1, -0.05) is 6.07 Å². The van der Waals surface area contributed by atoms with E-state index in [2.05, 4.69) is 4.90 Å². The van der Waals surface area contributed by atoms with Gasteiger partial charge in [0.15, 0.2) is 0 Å². The van der Waals surface area contributed by atoms with Crippen molar-refractivity contribution in [3.63, 3.8) is 0 Å². The quantitative estimate of drug-likeness (QED) is 0.833. The molecule has 1 aromatic carbocycles. The van der Waals surface area contributed by atoms with Crippen molar-refractivity contribution < 1.29 is 4.39 Å². The van der Waals surface area contributed by atoms with E-state index in [1.165, 1.54) is 18.9 Å². The normalized spacial score (nSPS) is 16.9. The van der Waals surface area contributed by atoms with E-state index in [0.29, 0.717) is 5.56 Å². The lowest BCUT2D eigenvalue weighted by Gasteiger charge is -2.28. The van der Waals surface area contributed by atoms with Crippen molar-refractivity contribution in [1.29, 1.82) is 0 Å². The summed E-state index contributed by atoms with van der Waals surface area (Å²) in [5.41, 5.74) is 7.02. The Morgan fingerprint density at radius 1 is 1.25 bits per heavy atom. The molecule has 0 bridgehead atoms. The number of benzene rings is 1. The van der Waals surface area contributed by atoms with E-state index in [1.54, 1.807) is 6.07 Å². The summed E-state index contributed by atoms with van der Waals surface area (Å²) >= 11 is 0. The maximum absolute atomic E-state index is 13.9. The number of hydrogen-bond donors (Lipinski definition) is 1. The summed E-state index contributed by atoms with van der Waals surface area (Å²) in [6.07, 6.45) is 2.36. The third-order valence-corrected chi connectivity index (χ3v) is 3.08. The van der Waals surface area contributed by atoms with E-state index < -0.39 is 5.54 Å². The van der Waals surface area contributed by atoms with Crippen LogP contribution in [0.5, 0.6) is 0 Å². The molecule has 0 spiro atoms. The Morgan fingerprint density at radius 3 is 2.44 bits per heavy atom. The fraction of sp³-hybridized carbons (Fsp3) is 0.538. The van der Waals surface area contributed by atoms with Crippen LogP contribution in [0.25, 0.3) is 0 Å². The van der Waals surface area contributed by atoms with Crippen LogP contribution in [0.4, 0.5) is 10.1 Å². The molecule has 88 valence electrons. The minimum Gasteiger partial charge on any atom is -0.371 e. The highest BCUT2D eigenvalue weighted by Crippen LogP contribution is 2.32. The van der Waals surface area contributed by atoms with Gasteiger partial charge in [-0.3, -0.25) is 0 Å². The molecule has 3 heteroatoms. The van der Waals surface area contributed by atoms with E-state index >= 15 is 0 Å². The van der Waals surface area contributed by atoms with Crippen molar-refractivity contribution >= 4 is 5.69 Å². The van der Waals surface area contributed by atoms with Crippen LogP contribution in [-0.2, 0) is 5.54 Å². The highest BCUT2D eigenvalue weighted by Gasteiger charge is 2.26. The van der Waals surface area contributed by atoms with E-state index in [9.17, 15) is 4.39 Å². The molecule has 0 radical (unpaired) electrons. The molecule has 0 amide bonds. The topological polar surface area (TPSA) is 29.3 Å². The first-order chi connectivity index (χ1) is 7.50. The number of rotatable bonds is 2. The van der Waals surface area contributed by atoms with Crippen LogP contribution in [0.15, 0.2) is 18.2 Å². The Balaban J connectivity index is 2.47. The van der Waals surface area contributed by atoms with Crippen molar-refractivity contribution in [1.82, 2.24) is 0 Å². The Hall–Kier alpha value is -1.09. The van der Waals surface area contributed by atoms with Crippen molar-refractivity contribution in [3.05, 3.63) is 29.6 Å². The molecule has 1 aliphatic rings. The summed E-state index contributed by atoms with van der Waals surface area (Å²) in [6, 6.07) is 5.22. The second-order valence-corrected chi connectivity index (χ2v) is 5.05. The second-order valence-electron chi connectivity index (χ2n) is 5.05. The SMILES string of the molecule is CC(C)(N)c1c(F)cccc1N1CCCC1. The number of hydrogen-bond acceptors (Lipinski definition) is 2. The molecule has 1 saturated heterocycles. The van der Waals surface area contributed by atoms with Crippen LogP contribution in [0.2, 0.25) is 0 Å². The van der Waals surface area contributed by atoms with Gasteiger partial charge in [-0.2, -0.15) is 0 Å². The molecule has 0 saturated carbocycles. The molecule has 1 aromatic rings. The molecule has 0 unspecified atom stereocenters. The van der Waals surface area contributed by atoms with Gasteiger partial charge < -0.3 is 10.6 Å². The molecule has 2 rings (SSSR count).